The Hall–Kier alpha value is -3.55. The molecule has 0 aliphatic carbocycles. The third-order valence-electron chi connectivity index (χ3n) is 7.29. The highest BCUT2D eigenvalue weighted by molar-refractivity contribution is 5.90. The molecule has 3 atom stereocenters. The Balaban J connectivity index is 1.71. The fourth-order valence-electron chi connectivity index (χ4n) is 4.73. The van der Waals surface area contributed by atoms with Gasteiger partial charge in [0.15, 0.2) is 0 Å². The van der Waals surface area contributed by atoms with E-state index in [4.69, 9.17) is 9.47 Å². The molecule has 3 rings (SSSR count). The molecule has 3 amide bonds. The van der Waals surface area contributed by atoms with Crippen molar-refractivity contribution in [1.82, 2.24) is 15.5 Å². The number of urea groups is 1. The molecule has 2 N–H and O–H groups in total. The van der Waals surface area contributed by atoms with Gasteiger partial charge in [0.1, 0.15) is 30.0 Å². The van der Waals surface area contributed by atoms with Gasteiger partial charge in [0.05, 0.1) is 0 Å². The number of ether oxygens (including phenoxy) is 2. The second kappa shape index (κ2) is 15.5. The number of esters is 1. The van der Waals surface area contributed by atoms with E-state index in [1.165, 1.54) is 0 Å². The van der Waals surface area contributed by atoms with E-state index in [2.05, 4.69) is 10.6 Å². The van der Waals surface area contributed by atoms with Crippen molar-refractivity contribution in [2.75, 3.05) is 13.1 Å². The number of rotatable bonds is 11. The predicted molar refractivity (Wildman–Crippen MR) is 161 cm³/mol. The van der Waals surface area contributed by atoms with Gasteiger partial charge in [0, 0.05) is 19.5 Å². The maximum absolute atomic E-state index is 13.6. The molecule has 8 nitrogen and oxygen atoms in total. The first kappa shape index (κ1) is 32.0. The molecule has 1 heterocycles. The van der Waals surface area contributed by atoms with Crippen molar-refractivity contribution in [1.29, 1.82) is 0 Å². The molecule has 0 radical (unpaired) electrons. The molecule has 2 aromatic rings. The lowest BCUT2D eigenvalue weighted by molar-refractivity contribution is -0.158. The van der Waals surface area contributed by atoms with E-state index in [0.29, 0.717) is 31.9 Å². The Labute approximate surface area is 245 Å². The molecule has 41 heavy (non-hydrogen) atoms. The standard InChI is InChI=1S/C33H47N3O5/c1-6-24(2)29(35-32(39)36-20-12-7-8-13-21-36)30(37)34-28(31(38)41-33(3,4)5)22-25-16-18-27(19-17-25)40-23-26-14-10-9-11-15-26/h9-11,14-19,24,28-29H,6-8,12-13,20-23H2,1-5H3,(H,34,37)(H,35,39). The van der Waals surface area contributed by atoms with Gasteiger partial charge in [-0.15, -0.1) is 0 Å². The Kier molecular flexibility index (Phi) is 12.0. The van der Waals surface area contributed by atoms with E-state index in [9.17, 15) is 14.4 Å². The molecule has 8 heteroatoms. The molecular weight excluding hydrogens is 518 g/mol. The van der Waals surface area contributed by atoms with Crippen molar-refractivity contribution in [3.63, 3.8) is 0 Å². The molecule has 0 spiro atoms. The van der Waals surface area contributed by atoms with E-state index in [1.807, 2.05) is 68.4 Å². The number of nitrogens with one attached hydrogen (secondary N) is 2. The first-order chi connectivity index (χ1) is 19.6. The summed E-state index contributed by atoms with van der Waals surface area (Å²) in [4.78, 5) is 41.7. The van der Waals surface area contributed by atoms with Gasteiger partial charge in [-0.1, -0.05) is 75.6 Å². The summed E-state index contributed by atoms with van der Waals surface area (Å²) < 4.78 is 11.6. The lowest BCUT2D eigenvalue weighted by atomic mass is 9.97. The zero-order valence-electron chi connectivity index (χ0n) is 25.3. The van der Waals surface area contributed by atoms with E-state index < -0.39 is 23.7 Å². The van der Waals surface area contributed by atoms with Crippen LogP contribution < -0.4 is 15.4 Å². The highest BCUT2D eigenvalue weighted by atomic mass is 16.6. The largest absolute Gasteiger partial charge is 0.489 e. The van der Waals surface area contributed by atoms with Crippen LogP contribution in [0.15, 0.2) is 54.6 Å². The molecule has 1 aliphatic rings. The van der Waals surface area contributed by atoms with Crippen molar-refractivity contribution in [3.8, 4) is 5.75 Å². The molecule has 224 valence electrons. The van der Waals surface area contributed by atoms with Crippen molar-refractivity contribution in [2.24, 2.45) is 5.92 Å². The van der Waals surface area contributed by atoms with Gasteiger partial charge in [-0.3, -0.25) is 4.79 Å². The van der Waals surface area contributed by atoms with Crippen LogP contribution in [-0.4, -0.2) is 53.6 Å². The van der Waals surface area contributed by atoms with Gasteiger partial charge >= 0.3 is 12.0 Å². The summed E-state index contributed by atoms with van der Waals surface area (Å²) in [6.45, 7) is 11.1. The third-order valence-corrected chi connectivity index (χ3v) is 7.29. The second-order valence-corrected chi connectivity index (χ2v) is 11.9. The van der Waals surface area contributed by atoms with Gasteiger partial charge in [-0.2, -0.15) is 0 Å². The van der Waals surface area contributed by atoms with Gasteiger partial charge < -0.3 is 25.0 Å². The van der Waals surface area contributed by atoms with Crippen LogP contribution in [0.4, 0.5) is 4.79 Å². The molecular formula is C33H47N3O5. The molecule has 3 unspecified atom stereocenters. The number of carbonyl (C=O) groups is 3. The van der Waals surface area contributed by atoms with Crippen LogP contribution in [0.25, 0.3) is 0 Å². The number of nitrogens with zero attached hydrogens (tertiary/aromatic N) is 1. The summed E-state index contributed by atoms with van der Waals surface area (Å²) in [5, 5.41) is 5.87. The van der Waals surface area contributed by atoms with E-state index in [-0.39, 0.29) is 24.3 Å². The lowest BCUT2D eigenvalue weighted by Gasteiger charge is -2.30. The second-order valence-electron chi connectivity index (χ2n) is 11.9. The lowest BCUT2D eigenvalue weighted by Crippen LogP contribution is -2.57. The summed E-state index contributed by atoms with van der Waals surface area (Å²) in [5.74, 6) is -0.312. The van der Waals surface area contributed by atoms with Gasteiger partial charge in [-0.25, -0.2) is 9.59 Å². The SMILES string of the molecule is CCC(C)C(NC(=O)N1CCCCCC1)C(=O)NC(Cc1ccc(OCc2ccccc2)cc1)C(=O)OC(C)(C)C. The first-order valence-electron chi connectivity index (χ1n) is 14.9. The van der Waals surface area contributed by atoms with Crippen LogP contribution in [0, 0.1) is 5.92 Å². The first-order valence-corrected chi connectivity index (χ1v) is 14.9. The Morgan fingerprint density at radius 1 is 0.878 bits per heavy atom. The number of hydrogen-bond donors (Lipinski definition) is 2. The van der Waals surface area contributed by atoms with Crippen LogP contribution in [-0.2, 0) is 27.4 Å². The van der Waals surface area contributed by atoms with Crippen molar-refractivity contribution >= 4 is 17.9 Å². The zero-order valence-corrected chi connectivity index (χ0v) is 25.3. The maximum atomic E-state index is 13.6. The Morgan fingerprint density at radius 2 is 1.51 bits per heavy atom. The summed E-state index contributed by atoms with van der Waals surface area (Å²) in [5.41, 5.74) is 1.21. The monoisotopic (exact) mass is 565 g/mol. The zero-order chi connectivity index (χ0) is 29.8. The minimum atomic E-state index is -0.917. The van der Waals surface area contributed by atoms with E-state index in [1.54, 1.807) is 25.7 Å². The molecule has 1 aliphatic heterocycles. The van der Waals surface area contributed by atoms with Crippen LogP contribution in [0.1, 0.15) is 77.8 Å². The summed E-state index contributed by atoms with van der Waals surface area (Å²) in [6.07, 6.45) is 5.08. The molecule has 1 fully saturated rings. The number of amides is 3. The fraction of sp³-hybridized carbons (Fsp3) is 0.545. The molecule has 0 bridgehead atoms. The van der Waals surface area contributed by atoms with Crippen molar-refractivity contribution < 1.29 is 23.9 Å². The molecule has 2 aromatic carbocycles. The quantitative estimate of drug-likeness (QED) is 0.344. The predicted octanol–water partition coefficient (Wildman–Crippen LogP) is 5.63. The minimum Gasteiger partial charge on any atom is -0.489 e. The van der Waals surface area contributed by atoms with Gasteiger partial charge in [-0.05, 0) is 62.8 Å². The number of likely N-dealkylation sites (tertiary alicyclic amines) is 1. The third kappa shape index (κ3) is 10.7. The average Bonchev–Trinajstić information content (AvgIpc) is 3.24. The Morgan fingerprint density at radius 3 is 2.10 bits per heavy atom. The van der Waals surface area contributed by atoms with E-state index >= 15 is 0 Å². The number of benzene rings is 2. The minimum absolute atomic E-state index is 0.119. The normalized spacial score (nSPS) is 16.1. The topological polar surface area (TPSA) is 97.0 Å². The average molecular weight is 566 g/mol. The maximum Gasteiger partial charge on any atom is 0.329 e. The van der Waals surface area contributed by atoms with Crippen LogP contribution in [0.5, 0.6) is 5.75 Å². The van der Waals surface area contributed by atoms with Crippen LogP contribution >= 0.6 is 0 Å². The van der Waals surface area contributed by atoms with E-state index in [0.717, 1.165) is 36.8 Å². The summed E-state index contributed by atoms with van der Waals surface area (Å²) >= 11 is 0. The summed E-state index contributed by atoms with van der Waals surface area (Å²) in [7, 11) is 0. The van der Waals surface area contributed by atoms with Gasteiger partial charge in [0.25, 0.3) is 0 Å². The van der Waals surface area contributed by atoms with Crippen LogP contribution in [0.3, 0.4) is 0 Å². The Bertz CT molecular complexity index is 1110. The smallest absolute Gasteiger partial charge is 0.329 e. The molecule has 1 saturated heterocycles. The fourth-order valence-corrected chi connectivity index (χ4v) is 4.73. The highest BCUT2D eigenvalue weighted by Crippen LogP contribution is 2.18. The molecule has 0 saturated carbocycles. The van der Waals surface area contributed by atoms with Crippen molar-refractivity contribution in [3.05, 3.63) is 65.7 Å². The highest BCUT2D eigenvalue weighted by Gasteiger charge is 2.33. The number of carbonyl (C=O) groups excluding carboxylic acids is 3. The number of hydrogen-bond acceptors (Lipinski definition) is 5. The van der Waals surface area contributed by atoms with Gasteiger partial charge in [0.2, 0.25) is 5.91 Å². The molecule has 0 aromatic heterocycles. The summed E-state index contributed by atoms with van der Waals surface area (Å²) in [6, 6.07) is 15.5. The van der Waals surface area contributed by atoms with Crippen LogP contribution in [0.2, 0.25) is 0 Å². The van der Waals surface area contributed by atoms with Crippen molar-refractivity contribution in [2.45, 2.75) is 97.4 Å².